The maximum Gasteiger partial charge on any atom is 0.235 e. The Bertz CT molecular complexity index is 1350. The molecule has 154 valence electrons. The highest BCUT2D eigenvalue weighted by Gasteiger charge is 2.19. The maximum absolute atomic E-state index is 12.7. The van der Waals surface area contributed by atoms with Crippen LogP contribution < -0.4 is 4.72 Å². The number of Topliss-reactive ketones (excluding diaryl/α,β-unsaturated/α-hetero) is 1. The number of rotatable bonds is 7. The van der Waals surface area contributed by atoms with Crippen LogP contribution in [0.4, 0.5) is 5.69 Å². The van der Waals surface area contributed by atoms with E-state index in [1.165, 1.54) is 0 Å². The molecule has 7 nitrogen and oxygen atoms in total. The third kappa shape index (κ3) is 4.04. The topological polar surface area (TPSA) is 105 Å². The Morgan fingerprint density at radius 1 is 1.13 bits per heavy atom. The SMILES string of the molecule is CCC(C)S(=O)(=O)Nc1ccc2nc(CC(=O)c3cc4ccccc4cn3)[nH]c2c1. The molecule has 0 aliphatic rings. The van der Waals surface area contributed by atoms with Crippen LogP contribution >= 0.6 is 0 Å². The fourth-order valence-corrected chi connectivity index (χ4v) is 4.27. The second kappa shape index (κ2) is 7.87. The lowest BCUT2D eigenvalue weighted by molar-refractivity contribution is 0.0986. The highest BCUT2D eigenvalue weighted by atomic mass is 32.2. The molecule has 0 bridgehead atoms. The molecule has 1 unspecified atom stereocenters. The standard InChI is InChI=1S/C22H22N4O3S/c1-3-14(2)30(28,29)26-17-8-9-18-19(11-17)25-22(24-18)12-21(27)20-10-15-6-4-5-7-16(15)13-23-20/h4-11,13-14,26H,3,12H2,1-2H3,(H,24,25). The number of ketones is 1. The van der Waals surface area contributed by atoms with E-state index in [1.807, 2.05) is 31.2 Å². The summed E-state index contributed by atoms with van der Waals surface area (Å²) in [4.78, 5) is 24.5. The molecule has 0 saturated heterocycles. The van der Waals surface area contributed by atoms with Gasteiger partial charge in [-0.3, -0.25) is 14.5 Å². The minimum atomic E-state index is -3.44. The monoisotopic (exact) mass is 422 g/mol. The lowest BCUT2D eigenvalue weighted by Crippen LogP contribution is -2.24. The quantitative estimate of drug-likeness (QED) is 0.437. The first-order valence-electron chi connectivity index (χ1n) is 9.74. The predicted molar refractivity (Wildman–Crippen MR) is 118 cm³/mol. The Hall–Kier alpha value is -3.26. The summed E-state index contributed by atoms with van der Waals surface area (Å²) in [5.41, 5.74) is 2.17. The van der Waals surface area contributed by atoms with Crippen molar-refractivity contribution in [3.05, 3.63) is 66.2 Å². The molecule has 2 aromatic heterocycles. The molecule has 0 amide bonds. The Balaban J connectivity index is 1.55. The van der Waals surface area contributed by atoms with Crippen LogP contribution in [0.2, 0.25) is 0 Å². The molecule has 30 heavy (non-hydrogen) atoms. The molecular weight excluding hydrogens is 400 g/mol. The highest BCUT2D eigenvalue weighted by molar-refractivity contribution is 7.93. The Morgan fingerprint density at radius 3 is 2.67 bits per heavy atom. The van der Waals surface area contributed by atoms with Crippen molar-refractivity contribution >= 4 is 43.3 Å². The van der Waals surface area contributed by atoms with E-state index in [1.54, 1.807) is 37.4 Å². The number of nitrogens with zero attached hydrogens (tertiary/aromatic N) is 2. The van der Waals surface area contributed by atoms with Crippen molar-refractivity contribution in [1.82, 2.24) is 15.0 Å². The average molecular weight is 423 g/mol. The van der Waals surface area contributed by atoms with Gasteiger partial charge in [0.15, 0.2) is 5.78 Å². The van der Waals surface area contributed by atoms with Crippen molar-refractivity contribution in [3.8, 4) is 0 Å². The maximum atomic E-state index is 12.7. The van der Waals surface area contributed by atoms with Gasteiger partial charge in [-0.1, -0.05) is 31.2 Å². The zero-order valence-corrected chi connectivity index (χ0v) is 17.5. The van der Waals surface area contributed by atoms with E-state index in [-0.39, 0.29) is 12.2 Å². The van der Waals surface area contributed by atoms with E-state index < -0.39 is 15.3 Å². The van der Waals surface area contributed by atoms with Gasteiger partial charge in [0.05, 0.1) is 28.4 Å². The van der Waals surface area contributed by atoms with Crippen molar-refractivity contribution < 1.29 is 13.2 Å². The van der Waals surface area contributed by atoms with Gasteiger partial charge in [-0.05, 0) is 43.0 Å². The number of H-pyrrole nitrogens is 1. The number of hydrogen-bond acceptors (Lipinski definition) is 5. The number of fused-ring (bicyclic) bond motifs is 2. The lowest BCUT2D eigenvalue weighted by Gasteiger charge is -2.12. The van der Waals surface area contributed by atoms with Crippen LogP contribution in [0.5, 0.6) is 0 Å². The summed E-state index contributed by atoms with van der Waals surface area (Å²) in [5.74, 6) is 0.365. The van der Waals surface area contributed by atoms with Gasteiger partial charge >= 0.3 is 0 Å². The normalized spacial score (nSPS) is 12.9. The summed E-state index contributed by atoms with van der Waals surface area (Å²) in [6.45, 7) is 3.50. The van der Waals surface area contributed by atoms with Gasteiger partial charge in [0.25, 0.3) is 0 Å². The number of sulfonamides is 1. The average Bonchev–Trinajstić information content (AvgIpc) is 3.13. The molecule has 2 heterocycles. The van der Waals surface area contributed by atoms with Crippen molar-refractivity contribution in [2.24, 2.45) is 0 Å². The zero-order valence-electron chi connectivity index (χ0n) is 16.7. The van der Waals surface area contributed by atoms with E-state index in [2.05, 4.69) is 19.7 Å². The fourth-order valence-electron chi connectivity index (χ4n) is 3.17. The molecule has 2 N–H and O–H groups in total. The first-order chi connectivity index (χ1) is 14.4. The van der Waals surface area contributed by atoms with Crippen LogP contribution in [0, 0.1) is 0 Å². The molecule has 0 fully saturated rings. The molecule has 0 aliphatic carbocycles. The second-order valence-electron chi connectivity index (χ2n) is 7.30. The summed E-state index contributed by atoms with van der Waals surface area (Å²) in [6.07, 6.45) is 2.29. The second-order valence-corrected chi connectivity index (χ2v) is 9.40. The molecular formula is C22H22N4O3S. The van der Waals surface area contributed by atoms with Crippen molar-refractivity contribution in [1.29, 1.82) is 0 Å². The largest absolute Gasteiger partial charge is 0.342 e. The van der Waals surface area contributed by atoms with Crippen LogP contribution in [-0.2, 0) is 16.4 Å². The minimum absolute atomic E-state index is 0.0773. The molecule has 0 saturated carbocycles. The molecule has 4 rings (SSSR count). The van der Waals surface area contributed by atoms with Gasteiger partial charge in [0.1, 0.15) is 11.5 Å². The van der Waals surface area contributed by atoms with Crippen LogP contribution in [0.3, 0.4) is 0 Å². The summed E-state index contributed by atoms with van der Waals surface area (Å²) < 4.78 is 27.2. The third-order valence-electron chi connectivity index (χ3n) is 5.14. The molecule has 0 aliphatic heterocycles. The zero-order chi connectivity index (χ0) is 21.3. The number of nitrogens with one attached hydrogen (secondary N) is 2. The van der Waals surface area contributed by atoms with Crippen molar-refractivity contribution in [2.75, 3.05) is 4.72 Å². The molecule has 2 aromatic carbocycles. The van der Waals surface area contributed by atoms with Gasteiger partial charge in [-0.2, -0.15) is 0 Å². The number of aromatic nitrogens is 3. The van der Waals surface area contributed by atoms with Crippen LogP contribution in [0.1, 0.15) is 36.6 Å². The first-order valence-corrected chi connectivity index (χ1v) is 11.3. The first kappa shape index (κ1) is 20.0. The number of pyridine rings is 1. The number of carbonyl (C=O) groups excluding carboxylic acids is 1. The number of benzene rings is 2. The van der Waals surface area contributed by atoms with Gasteiger partial charge in [-0.15, -0.1) is 0 Å². The number of hydrogen-bond donors (Lipinski definition) is 2. The van der Waals surface area contributed by atoms with E-state index in [4.69, 9.17) is 0 Å². The van der Waals surface area contributed by atoms with E-state index in [0.29, 0.717) is 34.7 Å². The van der Waals surface area contributed by atoms with E-state index in [9.17, 15) is 13.2 Å². The molecule has 0 spiro atoms. The summed E-state index contributed by atoms with van der Waals surface area (Å²) in [6, 6.07) is 14.6. The molecule has 8 heteroatoms. The minimum Gasteiger partial charge on any atom is -0.342 e. The van der Waals surface area contributed by atoms with Gasteiger partial charge < -0.3 is 4.98 Å². The Kier molecular flexibility index (Phi) is 5.26. The third-order valence-corrected chi connectivity index (χ3v) is 7.05. The molecule has 0 radical (unpaired) electrons. The molecule has 1 atom stereocenters. The van der Waals surface area contributed by atoms with Crippen LogP contribution in [-0.4, -0.2) is 34.4 Å². The predicted octanol–water partition coefficient (Wildman–Crippen LogP) is 4.08. The number of aromatic amines is 1. The summed E-state index contributed by atoms with van der Waals surface area (Å²) >= 11 is 0. The number of anilines is 1. The fraction of sp³-hybridized carbons (Fsp3) is 0.227. The van der Waals surface area contributed by atoms with E-state index >= 15 is 0 Å². The van der Waals surface area contributed by atoms with E-state index in [0.717, 1.165) is 10.8 Å². The molecule has 4 aromatic rings. The van der Waals surface area contributed by atoms with Crippen LogP contribution in [0.15, 0.2) is 54.7 Å². The Morgan fingerprint density at radius 2 is 1.90 bits per heavy atom. The van der Waals surface area contributed by atoms with Crippen LogP contribution in [0.25, 0.3) is 21.8 Å². The highest BCUT2D eigenvalue weighted by Crippen LogP contribution is 2.21. The van der Waals surface area contributed by atoms with Crippen molar-refractivity contribution in [2.45, 2.75) is 31.9 Å². The van der Waals surface area contributed by atoms with Gasteiger partial charge in [0.2, 0.25) is 10.0 Å². The Labute approximate surface area is 174 Å². The van der Waals surface area contributed by atoms with Gasteiger partial charge in [0, 0.05) is 11.6 Å². The lowest BCUT2D eigenvalue weighted by atomic mass is 10.1. The smallest absolute Gasteiger partial charge is 0.235 e. The summed E-state index contributed by atoms with van der Waals surface area (Å²) in [7, 11) is -3.44. The summed E-state index contributed by atoms with van der Waals surface area (Å²) in [5, 5.41) is 1.45. The number of imidazole rings is 1. The van der Waals surface area contributed by atoms with Gasteiger partial charge in [-0.25, -0.2) is 13.4 Å². The number of carbonyl (C=O) groups is 1. The van der Waals surface area contributed by atoms with Crippen molar-refractivity contribution in [3.63, 3.8) is 0 Å².